The number of aromatic nitrogens is 1. The topological polar surface area (TPSA) is 12.9 Å². The molecule has 0 aliphatic carbocycles. The van der Waals surface area contributed by atoms with Crippen molar-refractivity contribution in [3.05, 3.63) is 16.6 Å². The van der Waals surface area contributed by atoms with Gasteiger partial charge in [-0.05, 0) is 35.4 Å². The molecule has 0 atom stereocenters. The quantitative estimate of drug-likeness (QED) is 0.699. The first-order chi connectivity index (χ1) is 5.61. The molecule has 2 heteroatoms. The minimum absolute atomic E-state index is 0.574. The Hall–Kier alpha value is -0.370. The third kappa shape index (κ3) is 2.31. The van der Waals surface area contributed by atoms with E-state index >= 15 is 0 Å². The van der Waals surface area contributed by atoms with Gasteiger partial charge in [0.15, 0.2) is 0 Å². The van der Waals surface area contributed by atoms with E-state index in [0.29, 0.717) is 5.92 Å². The van der Waals surface area contributed by atoms with Gasteiger partial charge in [0.1, 0.15) is 0 Å². The normalized spacial score (nSPS) is 11.5. The molecule has 0 unspecified atom stereocenters. The fourth-order valence-corrected chi connectivity index (χ4v) is 2.17. The molecule has 0 N–H and O–H groups in total. The van der Waals surface area contributed by atoms with Gasteiger partial charge in [0, 0.05) is 5.38 Å². The summed E-state index contributed by atoms with van der Waals surface area (Å²) < 4.78 is 4.41. The Balaban J connectivity index is 2.77. The molecule has 0 amide bonds. The highest BCUT2D eigenvalue weighted by Gasteiger charge is 2.10. The molecule has 1 nitrogen and oxygen atoms in total. The zero-order valence-corrected chi connectivity index (χ0v) is 9.11. The Morgan fingerprint density at radius 2 is 2.00 bits per heavy atom. The van der Waals surface area contributed by atoms with E-state index in [1.54, 1.807) is 11.5 Å². The lowest BCUT2D eigenvalue weighted by Crippen LogP contribution is -1.98. The minimum Gasteiger partial charge on any atom is -0.197 e. The Labute approximate surface area is 79.0 Å². The van der Waals surface area contributed by atoms with E-state index in [2.05, 4.69) is 37.4 Å². The van der Waals surface area contributed by atoms with Crippen LogP contribution in [0.5, 0.6) is 0 Å². The number of hydrogen-bond acceptors (Lipinski definition) is 2. The van der Waals surface area contributed by atoms with Crippen molar-refractivity contribution in [2.24, 2.45) is 5.92 Å². The largest absolute Gasteiger partial charge is 0.197 e. The summed E-state index contributed by atoms with van der Waals surface area (Å²) >= 11 is 1.59. The summed E-state index contributed by atoms with van der Waals surface area (Å²) in [6.45, 7) is 8.92. The Morgan fingerprint density at radius 1 is 1.33 bits per heavy atom. The van der Waals surface area contributed by atoms with Crippen LogP contribution in [0.15, 0.2) is 5.38 Å². The van der Waals surface area contributed by atoms with E-state index in [4.69, 9.17) is 0 Å². The third-order valence-electron chi connectivity index (χ3n) is 1.85. The van der Waals surface area contributed by atoms with Crippen LogP contribution in [0.3, 0.4) is 0 Å². The van der Waals surface area contributed by atoms with Crippen LogP contribution in [-0.2, 0) is 6.42 Å². The molecule has 0 fully saturated rings. The lowest BCUT2D eigenvalue weighted by Gasteiger charge is -2.07. The highest BCUT2D eigenvalue weighted by Crippen LogP contribution is 2.22. The summed E-state index contributed by atoms with van der Waals surface area (Å²) in [5.74, 6) is 1.31. The highest BCUT2D eigenvalue weighted by atomic mass is 32.1. The lowest BCUT2D eigenvalue weighted by atomic mass is 9.99. The van der Waals surface area contributed by atoms with Crippen LogP contribution < -0.4 is 0 Å². The van der Waals surface area contributed by atoms with Gasteiger partial charge >= 0.3 is 0 Å². The van der Waals surface area contributed by atoms with Gasteiger partial charge in [-0.25, -0.2) is 0 Å². The average molecular weight is 183 g/mol. The van der Waals surface area contributed by atoms with Crippen LogP contribution in [0.25, 0.3) is 0 Å². The summed E-state index contributed by atoms with van der Waals surface area (Å²) in [5.41, 5.74) is 2.75. The molecule has 1 rings (SSSR count). The van der Waals surface area contributed by atoms with E-state index in [0.717, 1.165) is 5.92 Å². The van der Waals surface area contributed by atoms with Crippen LogP contribution >= 0.6 is 11.5 Å². The fourth-order valence-electron chi connectivity index (χ4n) is 1.33. The lowest BCUT2D eigenvalue weighted by molar-refractivity contribution is 0.637. The van der Waals surface area contributed by atoms with Gasteiger partial charge < -0.3 is 0 Å². The molecular weight excluding hydrogens is 166 g/mol. The summed E-state index contributed by atoms with van der Waals surface area (Å²) in [6.07, 6.45) is 1.17. The zero-order chi connectivity index (χ0) is 9.14. The molecule has 0 radical (unpaired) electrons. The molecule has 0 aromatic carbocycles. The first kappa shape index (κ1) is 9.72. The van der Waals surface area contributed by atoms with Gasteiger partial charge in [-0.2, -0.15) is 4.37 Å². The van der Waals surface area contributed by atoms with Crippen LogP contribution in [0, 0.1) is 5.92 Å². The fraction of sp³-hybridized carbons (Fsp3) is 0.700. The smallest absolute Gasteiger partial charge is 0.0599 e. The molecule has 0 saturated carbocycles. The summed E-state index contributed by atoms with van der Waals surface area (Å²) in [4.78, 5) is 0. The Kier molecular flexibility index (Phi) is 3.27. The van der Waals surface area contributed by atoms with E-state index in [1.165, 1.54) is 17.7 Å². The third-order valence-corrected chi connectivity index (χ3v) is 2.54. The second kappa shape index (κ2) is 4.04. The van der Waals surface area contributed by atoms with Crippen molar-refractivity contribution in [1.82, 2.24) is 4.37 Å². The van der Waals surface area contributed by atoms with Gasteiger partial charge in [0.05, 0.1) is 5.69 Å². The maximum Gasteiger partial charge on any atom is 0.0599 e. The summed E-state index contributed by atoms with van der Waals surface area (Å²) in [5, 5.41) is 2.19. The maximum atomic E-state index is 4.41. The van der Waals surface area contributed by atoms with E-state index in [-0.39, 0.29) is 0 Å². The van der Waals surface area contributed by atoms with Crippen molar-refractivity contribution < 1.29 is 0 Å². The van der Waals surface area contributed by atoms with E-state index in [9.17, 15) is 0 Å². The molecular formula is C10H17NS. The predicted molar refractivity (Wildman–Crippen MR) is 54.7 cm³/mol. The van der Waals surface area contributed by atoms with Gasteiger partial charge in [-0.15, -0.1) is 0 Å². The SMILES string of the molecule is CC(C)Cc1csnc1C(C)C. The van der Waals surface area contributed by atoms with Crippen molar-refractivity contribution in [2.45, 2.75) is 40.0 Å². The highest BCUT2D eigenvalue weighted by molar-refractivity contribution is 7.03. The monoisotopic (exact) mass is 183 g/mol. The number of nitrogens with zero attached hydrogens (tertiary/aromatic N) is 1. The molecule has 1 heterocycles. The van der Waals surface area contributed by atoms with Crippen molar-refractivity contribution in [1.29, 1.82) is 0 Å². The van der Waals surface area contributed by atoms with Crippen LogP contribution in [0.1, 0.15) is 44.9 Å². The molecule has 0 aliphatic heterocycles. The number of rotatable bonds is 3. The van der Waals surface area contributed by atoms with Gasteiger partial charge in [-0.1, -0.05) is 27.7 Å². The molecule has 0 aliphatic rings. The maximum absolute atomic E-state index is 4.41. The summed E-state index contributed by atoms with van der Waals surface area (Å²) in [6, 6.07) is 0. The predicted octanol–water partition coefficient (Wildman–Crippen LogP) is 3.47. The molecule has 0 spiro atoms. The number of hydrogen-bond donors (Lipinski definition) is 0. The van der Waals surface area contributed by atoms with Crippen LogP contribution in [0.4, 0.5) is 0 Å². The second-order valence-electron chi connectivity index (χ2n) is 3.98. The second-order valence-corrected chi connectivity index (χ2v) is 4.61. The average Bonchev–Trinajstić information content (AvgIpc) is 2.33. The van der Waals surface area contributed by atoms with Gasteiger partial charge in [0.25, 0.3) is 0 Å². The van der Waals surface area contributed by atoms with Crippen molar-refractivity contribution in [3.8, 4) is 0 Å². The summed E-state index contributed by atoms with van der Waals surface area (Å²) in [7, 11) is 0. The van der Waals surface area contributed by atoms with Crippen LogP contribution in [-0.4, -0.2) is 4.37 Å². The Bertz CT molecular complexity index is 238. The molecule has 1 aromatic heterocycles. The first-order valence-corrected chi connectivity index (χ1v) is 5.38. The van der Waals surface area contributed by atoms with E-state index < -0.39 is 0 Å². The first-order valence-electron chi connectivity index (χ1n) is 4.54. The van der Waals surface area contributed by atoms with Crippen molar-refractivity contribution in [3.63, 3.8) is 0 Å². The van der Waals surface area contributed by atoms with Crippen molar-refractivity contribution >= 4 is 11.5 Å². The van der Waals surface area contributed by atoms with Crippen LogP contribution in [0.2, 0.25) is 0 Å². The molecule has 0 saturated heterocycles. The van der Waals surface area contributed by atoms with Crippen molar-refractivity contribution in [2.75, 3.05) is 0 Å². The molecule has 12 heavy (non-hydrogen) atoms. The standard InChI is InChI=1S/C10H17NS/c1-7(2)5-9-6-12-11-10(9)8(3)4/h6-8H,5H2,1-4H3. The molecule has 68 valence electrons. The van der Waals surface area contributed by atoms with E-state index in [1.807, 2.05) is 0 Å². The minimum atomic E-state index is 0.574. The Morgan fingerprint density at radius 3 is 2.50 bits per heavy atom. The van der Waals surface area contributed by atoms with Gasteiger partial charge in [0.2, 0.25) is 0 Å². The molecule has 0 bridgehead atoms. The zero-order valence-electron chi connectivity index (χ0n) is 8.29. The molecule has 1 aromatic rings. The van der Waals surface area contributed by atoms with Gasteiger partial charge in [-0.3, -0.25) is 0 Å².